The molecule has 2 atom stereocenters. The quantitative estimate of drug-likeness (QED) is 0.151. The van der Waals surface area contributed by atoms with E-state index >= 15 is 0 Å². The van der Waals surface area contributed by atoms with E-state index in [9.17, 15) is 0 Å². The van der Waals surface area contributed by atoms with Gasteiger partial charge in [-0.05, 0) is 111 Å². The minimum Gasteiger partial charge on any atom is -0.478 e. The van der Waals surface area contributed by atoms with Crippen LogP contribution in [-0.2, 0) is 0 Å². The lowest BCUT2D eigenvalue weighted by atomic mass is 9.91. The summed E-state index contributed by atoms with van der Waals surface area (Å²) in [6, 6.07) is 56.1. The normalized spacial score (nSPS) is 14.9. The summed E-state index contributed by atoms with van der Waals surface area (Å²) in [6.45, 7) is 0. The highest BCUT2D eigenvalue weighted by atomic mass is 16.6. The number of ether oxygens (including phenoxy) is 2. The van der Waals surface area contributed by atoms with Crippen LogP contribution in [0.5, 0.6) is 11.5 Å². The van der Waals surface area contributed by atoms with Gasteiger partial charge in [-0.1, -0.05) is 121 Å². The van der Waals surface area contributed by atoms with Crippen LogP contribution in [-0.4, -0.2) is 37.1 Å². The molecule has 9 aromatic rings. The number of aromatic nitrogens is 5. The lowest BCUT2D eigenvalue weighted by Gasteiger charge is -2.34. The largest absolute Gasteiger partial charge is 0.478 e. The van der Waals surface area contributed by atoms with Crippen molar-refractivity contribution in [3.8, 4) is 101 Å². The highest BCUT2D eigenvalue weighted by molar-refractivity contribution is 5.88. The maximum Gasteiger partial charge on any atom is 0.170 e. The van der Waals surface area contributed by atoms with Crippen LogP contribution in [0.25, 0.3) is 89.8 Å². The Kier molecular flexibility index (Phi) is 9.52. The summed E-state index contributed by atoms with van der Waals surface area (Å²) in [4.78, 5) is 23.5. The van der Waals surface area contributed by atoms with Gasteiger partial charge in [-0.25, -0.2) is 15.0 Å². The van der Waals surface area contributed by atoms with Gasteiger partial charge in [0.15, 0.2) is 41.2 Å². The third-order valence-electron chi connectivity index (χ3n) is 11.3. The number of allylic oxidation sites excluding steroid dienone is 2. The third kappa shape index (κ3) is 7.22. The van der Waals surface area contributed by atoms with Crippen LogP contribution < -0.4 is 9.47 Å². The van der Waals surface area contributed by atoms with E-state index in [0.717, 1.165) is 72.3 Å². The van der Waals surface area contributed by atoms with Crippen LogP contribution in [0.2, 0.25) is 0 Å². The van der Waals surface area contributed by atoms with Crippen LogP contribution in [0.4, 0.5) is 0 Å². The first-order valence-electron chi connectivity index (χ1n) is 20.6. The van der Waals surface area contributed by atoms with E-state index in [4.69, 9.17) is 24.4 Å². The van der Waals surface area contributed by atoms with Crippen molar-refractivity contribution in [1.29, 1.82) is 0 Å². The van der Waals surface area contributed by atoms with Crippen LogP contribution in [0.3, 0.4) is 0 Å². The van der Waals surface area contributed by atoms with Gasteiger partial charge in [-0.2, -0.15) is 0 Å². The molecule has 294 valence electrons. The van der Waals surface area contributed by atoms with E-state index in [1.54, 1.807) is 0 Å². The second-order valence-electron chi connectivity index (χ2n) is 15.2. The van der Waals surface area contributed by atoms with E-state index in [1.165, 1.54) is 0 Å². The van der Waals surface area contributed by atoms with E-state index < -0.39 is 0 Å². The van der Waals surface area contributed by atoms with Crippen molar-refractivity contribution in [2.24, 2.45) is 0 Å². The monoisotopic (exact) mass is 799 g/mol. The Bertz CT molecular complexity index is 3040. The molecular formula is C55H37N5O2. The molecule has 1 aliphatic carbocycles. The van der Waals surface area contributed by atoms with Crippen LogP contribution in [0.1, 0.15) is 0 Å². The molecule has 0 radical (unpaired) electrons. The van der Waals surface area contributed by atoms with Crippen molar-refractivity contribution in [2.45, 2.75) is 12.2 Å². The van der Waals surface area contributed by atoms with Crippen molar-refractivity contribution >= 4 is 0 Å². The van der Waals surface area contributed by atoms with E-state index in [0.29, 0.717) is 29.0 Å². The maximum atomic E-state index is 6.90. The van der Waals surface area contributed by atoms with Crippen molar-refractivity contribution in [3.63, 3.8) is 0 Å². The number of hydrogen-bond acceptors (Lipinski definition) is 7. The van der Waals surface area contributed by atoms with Gasteiger partial charge in [0, 0.05) is 52.6 Å². The van der Waals surface area contributed by atoms with Gasteiger partial charge in [-0.15, -0.1) is 0 Å². The minimum absolute atomic E-state index is 0.265. The molecule has 0 amide bonds. The summed E-state index contributed by atoms with van der Waals surface area (Å²) in [6.07, 6.45) is 14.9. The van der Waals surface area contributed by atoms with Crippen molar-refractivity contribution in [3.05, 3.63) is 213 Å². The average molecular weight is 800 g/mol. The van der Waals surface area contributed by atoms with E-state index in [-0.39, 0.29) is 12.2 Å². The van der Waals surface area contributed by atoms with Gasteiger partial charge in [0.05, 0.1) is 0 Å². The number of pyridine rings is 2. The third-order valence-corrected chi connectivity index (χ3v) is 11.3. The molecular weight excluding hydrogens is 763 g/mol. The molecule has 62 heavy (non-hydrogen) atoms. The molecule has 0 fully saturated rings. The smallest absolute Gasteiger partial charge is 0.170 e. The molecule has 2 aliphatic rings. The number of benzene rings is 6. The molecule has 6 aromatic carbocycles. The first-order valence-corrected chi connectivity index (χ1v) is 20.6. The zero-order valence-corrected chi connectivity index (χ0v) is 33.4. The molecule has 0 spiro atoms. The molecule has 0 saturated heterocycles. The predicted molar refractivity (Wildman–Crippen MR) is 246 cm³/mol. The number of nitrogens with zero attached hydrogens (tertiary/aromatic N) is 5. The molecule has 7 nitrogen and oxygen atoms in total. The Morgan fingerprint density at radius 2 is 0.661 bits per heavy atom. The lowest BCUT2D eigenvalue weighted by Crippen LogP contribution is -2.38. The zero-order valence-electron chi connectivity index (χ0n) is 33.4. The second-order valence-corrected chi connectivity index (χ2v) is 15.2. The highest BCUT2D eigenvalue weighted by Gasteiger charge is 2.33. The van der Waals surface area contributed by atoms with Gasteiger partial charge in [0.1, 0.15) is 0 Å². The van der Waals surface area contributed by atoms with Crippen LogP contribution >= 0.6 is 0 Å². The summed E-state index contributed by atoms with van der Waals surface area (Å²) in [5.41, 5.74) is 13.1. The fraction of sp³-hybridized carbons (Fsp3) is 0.0364. The predicted octanol–water partition coefficient (Wildman–Crippen LogP) is 12.6. The first-order chi connectivity index (χ1) is 30.7. The minimum atomic E-state index is -0.266. The fourth-order valence-corrected chi connectivity index (χ4v) is 8.10. The van der Waals surface area contributed by atoms with E-state index in [2.05, 4.69) is 125 Å². The standard InChI is InChI=1S/C55H37N5O2/c1-3-9-36(10-4-1)37-15-19-42(20-16-37)54-58-53(41-11-5-2-6-12-41)59-55(60-54)43-21-17-40(18-22-43)47-23-24-48(52-51(47)61-49-13-7-8-14-50(49)62-52)46-34-44(38-25-29-56-30-26-38)33-45(35-46)39-27-31-57-32-28-39/h1-35,49-50H. The molecule has 3 aromatic heterocycles. The first kappa shape index (κ1) is 36.8. The second kappa shape index (κ2) is 16.0. The Morgan fingerprint density at radius 1 is 0.306 bits per heavy atom. The van der Waals surface area contributed by atoms with E-state index in [1.807, 2.05) is 97.6 Å². The summed E-state index contributed by atoms with van der Waals surface area (Å²) < 4.78 is 13.8. The van der Waals surface area contributed by atoms with Crippen molar-refractivity contribution in [1.82, 2.24) is 24.9 Å². The van der Waals surface area contributed by atoms with Crippen LogP contribution in [0.15, 0.2) is 213 Å². The molecule has 0 saturated carbocycles. The Hall–Kier alpha value is -8.29. The lowest BCUT2D eigenvalue weighted by molar-refractivity contribution is 0.0769. The average Bonchev–Trinajstić information content (AvgIpc) is 3.36. The van der Waals surface area contributed by atoms with Crippen molar-refractivity contribution in [2.75, 3.05) is 0 Å². The van der Waals surface area contributed by atoms with Gasteiger partial charge in [-0.3, -0.25) is 9.97 Å². The SMILES string of the molecule is C1=CC2Oc3c(-c4ccc(-c5nc(-c6ccccc6)nc(-c6ccc(-c7ccccc7)cc6)n5)cc4)ccc(-c4cc(-c5ccncc5)cc(-c5ccncc5)c4)c3OC2C=C1. The molecule has 4 heterocycles. The summed E-state index contributed by atoms with van der Waals surface area (Å²) in [7, 11) is 0. The molecule has 2 unspecified atom stereocenters. The Morgan fingerprint density at radius 3 is 1.15 bits per heavy atom. The summed E-state index contributed by atoms with van der Waals surface area (Å²) in [5, 5.41) is 0. The molecule has 7 heteroatoms. The Balaban J connectivity index is 0.994. The van der Waals surface area contributed by atoms with Crippen molar-refractivity contribution < 1.29 is 9.47 Å². The highest BCUT2D eigenvalue weighted by Crippen LogP contribution is 2.50. The number of fused-ring (bicyclic) bond motifs is 2. The number of hydrogen-bond donors (Lipinski definition) is 0. The Labute approximate surface area is 359 Å². The molecule has 11 rings (SSSR count). The summed E-state index contributed by atoms with van der Waals surface area (Å²) >= 11 is 0. The van der Waals surface area contributed by atoms with Gasteiger partial charge in [0.25, 0.3) is 0 Å². The summed E-state index contributed by atoms with van der Waals surface area (Å²) in [5.74, 6) is 3.21. The molecule has 0 bridgehead atoms. The molecule has 1 aliphatic heterocycles. The zero-order chi connectivity index (χ0) is 41.2. The molecule has 0 N–H and O–H groups in total. The topological polar surface area (TPSA) is 82.9 Å². The van der Waals surface area contributed by atoms with Crippen LogP contribution in [0, 0.1) is 0 Å². The van der Waals surface area contributed by atoms with Gasteiger partial charge >= 0.3 is 0 Å². The fourth-order valence-electron chi connectivity index (χ4n) is 8.10. The van der Waals surface area contributed by atoms with Gasteiger partial charge in [0.2, 0.25) is 0 Å². The van der Waals surface area contributed by atoms with Gasteiger partial charge < -0.3 is 9.47 Å². The number of rotatable bonds is 8. The maximum absolute atomic E-state index is 6.90.